The number of nitrogens with one attached hydrogen (secondary N) is 1. The first kappa shape index (κ1) is 11.6. The van der Waals surface area contributed by atoms with E-state index in [2.05, 4.69) is 16.9 Å². The zero-order chi connectivity index (χ0) is 12.1. The van der Waals surface area contributed by atoms with Gasteiger partial charge in [0.05, 0.1) is 0 Å². The number of aromatic nitrogens is 1. The van der Waals surface area contributed by atoms with Crippen LogP contribution in [0.1, 0.15) is 23.3 Å². The monoisotopic (exact) mass is 231 g/mol. The van der Waals surface area contributed by atoms with Crippen LogP contribution in [0.2, 0.25) is 0 Å². The number of hydrogen-bond donors (Lipinski definition) is 1. The Balaban J connectivity index is 2.08. The smallest absolute Gasteiger partial charge is 0.272 e. The molecule has 1 N–H and O–H groups in total. The van der Waals surface area contributed by atoms with E-state index in [-0.39, 0.29) is 5.91 Å². The molecule has 1 aliphatic rings. The second kappa shape index (κ2) is 5.48. The van der Waals surface area contributed by atoms with Crippen molar-refractivity contribution in [1.29, 1.82) is 0 Å². The van der Waals surface area contributed by atoms with Gasteiger partial charge < -0.3 is 10.2 Å². The SMILES string of the molecule is C=CCNc1ccnc(C(=O)N2CCCC2)c1. The third-order valence-electron chi connectivity index (χ3n) is 2.82. The molecule has 0 radical (unpaired) electrons. The van der Waals surface area contributed by atoms with Crippen molar-refractivity contribution >= 4 is 11.6 Å². The molecule has 2 heterocycles. The highest BCUT2D eigenvalue weighted by atomic mass is 16.2. The summed E-state index contributed by atoms with van der Waals surface area (Å²) in [5.41, 5.74) is 1.42. The first-order valence-corrected chi connectivity index (χ1v) is 5.91. The van der Waals surface area contributed by atoms with Crippen LogP contribution in [0.4, 0.5) is 5.69 Å². The highest BCUT2D eigenvalue weighted by Crippen LogP contribution is 2.14. The maximum Gasteiger partial charge on any atom is 0.272 e. The maximum atomic E-state index is 12.1. The molecule has 0 atom stereocenters. The molecule has 1 fully saturated rings. The summed E-state index contributed by atoms with van der Waals surface area (Å²) < 4.78 is 0. The molecule has 17 heavy (non-hydrogen) atoms. The number of rotatable bonds is 4. The van der Waals surface area contributed by atoms with Crippen LogP contribution >= 0.6 is 0 Å². The Morgan fingerprint density at radius 2 is 2.29 bits per heavy atom. The van der Waals surface area contributed by atoms with E-state index in [1.807, 2.05) is 11.0 Å². The van der Waals surface area contributed by atoms with Crippen LogP contribution in [-0.4, -0.2) is 35.4 Å². The van der Waals surface area contributed by atoms with E-state index in [1.165, 1.54) is 0 Å². The van der Waals surface area contributed by atoms with E-state index in [0.717, 1.165) is 31.6 Å². The van der Waals surface area contributed by atoms with Crippen molar-refractivity contribution in [2.45, 2.75) is 12.8 Å². The summed E-state index contributed by atoms with van der Waals surface area (Å²) >= 11 is 0. The number of hydrogen-bond acceptors (Lipinski definition) is 3. The van der Waals surface area contributed by atoms with E-state index in [0.29, 0.717) is 12.2 Å². The number of nitrogens with zero attached hydrogens (tertiary/aromatic N) is 2. The van der Waals surface area contributed by atoms with Crippen LogP contribution in [0.25, 0.3) is 0 Å². The molecular weight excluding hydrogens is 214 g/mol. The largest absolute Gasteiger partial charge is 0.381 e. The Hall–Kier alpha value is -1.84. The van der Waals surface area contributed by atoms with Gasteiger partial charge in [0.25, 0.3) is 5.91 Å². The molecule has 4 heteroatoms. The summed E-state index contributed by atoms with van der Waals surface area (Å²) in [6.45, 7) is 6.03. The molecule has 2 rings (SSSR count). The molecule has 0 aliphatic carbocycles. The van der Waals surface area contributed by atoms with E-state index in [9.17, 15) is 4.79 Å². The summed E-state index contributed by atoms with van der Waals surface area (Å²) in [7, 11) is 0. The zero-order valence-electron chi connectivity index (χ0n) is 9.85. The van der Waals surface area contributed by atoms with Crippen molar-refractivity contribution in [3.05, 3.63) is 36.7 Å². The highest BCUT2D eigenvalue weighted by molar-refractivity contribution is 5.93. The van der Waals surface area contributed by atoms with Crippen LogP contribution in [0.15, 0.2) is 31.0 Å². The van der Waals surface area contributed by atoms with Crippen molar-refractivity contribution in [3.63, 3.8) is 0 Å². The summed E-state index contributed by atoms with van der Waals surface area (Å²) in [6, 6.07) is 3.65. The third kappa shape index (κ3) is 2.84. The lowest BCUT2D eigenvalue weighted by atomic mass is 10.3. The molecule has 0 aromatic carbocycles. The van der Waals surface area contributed by atoms with Crippen molar-refractivity contribution in [3.8, 4) is 0 Å². The van der Waals surface area contributed by atoms with Crippen molar-refractivity contribution in [2.24, 2.45) is 0 Å². The van der Waals surface area contributed by atoms with Gasteiger partial charge in [-0.1, -0.05) is 6.08 Å². The Bertz CT molecular complexity index is 411. The minimum absolute atomic E-state index is 0.0322. The number of carbonyl (C=O) groups is 1. The molecule has 1 aromatic heterocycles. The third-order valence-corrected chi connectivity index (χ3v) is 2.82. The fourth-order valence-corrected chi connectivity index (χ4v) is 1.93. The molecular formula is C13H17N3O. The lowest BCUT2D eigenvalue weighted by Crippen LogP contribution is -2.28. The topological polar surface area (TPSA) is 45.2 Å². The summed E-state index contributed by atoms with van der Waals surface area (Å²) in [4.78, 5) is 18.1. The van der Waals surface area contributed by atoms with Crippen molar-refractivity contribution in [1.82, 2.24) is 9.88 Å². The predicted octanol–water partition coefficient (Wildman–Crippen LogP) is 1.92. The first-order valence-electron chi connectivity index (χ1n) is 5.91. The molecule has 0 saturated carbocycles. The second-order valence-corrected chi connectivity index (χ2v) is 4.10. The Morgan fingerprint density at radius 3 is 3.00 bits per heavy atom. The molecule has 1 aliphatic heterocycles. The van der Waals surface area contributed by atoms with Gasteiger partial charge >= 0.3 is 0 Å². The highest BCUT2D eigenvalue weighted by Gasteiger charge is 2.20. The lowest BCUT2D eigenvalue weighted by Gasteiger charge is -2.14. The number of likely N-dealkylation sites (tertiary alicyclic amines) is 1. The molecule has 0 unspecified atom stereocenters. The van der Waals surface area contributed by atoms with Crippen LogP contribution < -0.4 is 5.32 Å². The standard InChI is InChI=1S/C13H17N3O/c1-2-6-14-11-5-7-15-12(10-11)13(17)16-8-3-4-9-16/h2,5,7,10H,1,3-4,6,8-9H2,(H,14,15). The molecule has 0 bridgehead atoms. The first-order chi connectivity index (χ1) is 8.31. The predicted molar refractivity (Wildman–Crippen MR) is 68.1 cm³/mol. The number of anilines is 1. The Morgan fingerprint density at radius 1 is 1.53 bits per heavy atom. The number of carbonyl (C=O) groups excluding carboxylic acids is 1. The van der Waals surface area contributed by atoms with E-state index in [4.69, 9.17) is 0 Å². The minimum Gasteiger partial charge on any atom is -0.381 e. The van der Waals surface area contributed by atoms with Gasteiger partial charge in [0.15, 0.2) is 0 Å². The number of amides is 1. The van der Waals surface area contributed by atoms with Crippen LogP contribution in [0.5, 0.6) is 0 Å². The maximum absolute atomic E-state index is 12.1. The van der Waals surface area contributed by atoms with Crippen LogP contribution in [-0.2, 0) is 0 Å². The number of pyridine rings is 1. The van der Waals surface area contributed by atoms with Gasteiger partial charge in [0.2, 0.25) is 0 Å². The van der Waals surface area contributed by atoms with E-state index >= 15 is 0 Å². The zero-order valence-corrected chi connectivity index (χ0v) is 9.85. The quantitative estimate of drug-likeness (QED) is 0.805. The van der Waals surface area contributed by atoms with Gasteiger partial charge in [-0.25, -0.2) is 0 Å². The van der Waals surface area contributed by atoms with Gasteiger partial charge in [-0.3, -0.25) is 9.78 Å². The van der Waals surface area contributed by atoms with Gasteiger partial charge in [0, 0.05) is 31.5 Å². The molecule has 4 nitrogen and oxygen atoms in total. The summed E-state index contributed by atoms with van der Waals surface area (Å²) in [5, 5.41) is 3.15. The fraction of sp³-hybridized carbons (Fsp3) is 0.385. The summed E-state index contributed by atoms with van der Waals surface area (Å²) in [6.07, 6.45) is 5.64. The van der Waals surface area contributed by atoms with E-state index in [1.54, 1.807) is 18.3 Å². The van der Waals surface area contributed by atoms with Gasteiger partial charge in [-0.2, -0.15) is 0 Å². The molecule has 1 amide bonds. The molecule has 1 aromatic rings. The lowest BCUT2D eigenvalue weighted by molar-refractivity contribution is 0.0787. The normalized spacial score (nSPS) is 14.7. The van der Waals surface area contributed by atoms with Gasteiger partial charge in [0.1, 0.15) is 5.69 Å². The van der Waals surface area contributed by atoms with Crippen LogP contribution in [0.3, 0.4) is 0 Å². The average Bonchev–Trinajstić information content (AvgIpc) is 2.89. The van der Waals surface area contributed by atoms with Gasteiger partial charge in [-0.15, -0.1) is 6.58 Å². The fourth-order valence-electron chi connectivity index (χ4n) is 1.93. The second-order valence-electron chi connectivity index (χ2n) is 4.10. The van der Waals surface area contributed by atoms with Crippen molar-refractivity contribution < 1.29 is 4.79 Å². The van der Waals surface area contributed by atoms with Gasteiger partial charge in [-0.05, 0) is 25.0 Å². The average molecular weight is 231 g/mol. The van der Waals surface area contributed by atoms with E-state index < -0.39 is 0 Å². The summed E-state index contributed by atoms with van der Waals surface area (Å²) in [5.74, 6) is 0.0322. The molecule has 1 saturated heterocycles. The molecule has 0 spiro atoms. The van der Waals surface area contributed by atoms with Crippen molar-refractivity contribution in [2.75, 3.05) is 25.0 Å². The van der Waals surface area contributed by atoms with Crippen LogP contribution in [0, 0.1) is 0 Å². The minimum atomic E-state index is 0.0322. The Labute approximate surface area is 101 Å². The Kier molecular flexibility index (Phi) is 3.75. The molecule has 90 valence electrons.